The van der Waals surface area contributed by atoms with E-state index in [-0.39, 0.29) is 18.3 Å². The Balaban J connectivity index is 1.30. The van der Waals surface area contributed by atoms with Crippen LogP contribution in [0.1, 0.15) is 29.2 Å². The molecule has 0 saturated heterocycles. The molecule has 32 heavy (non-hydrogen) atoms. The van der Waals surface area contributed by atoms with Gasteiger partial charge in [-0.05, 0) is 37.3 Å². The number of nitrogens with zero attached hydrogens (tertiary/aromatic N) is 3. The summed E-state index contributed by atoms with van der Waals surface area (Å²) in [6.45, 7) is 2.11. The van der Waals surface area contributed by atoms with Crippen LogP contribution in [0.25, 0.3) is 0 Å². The van der Waals surface area contributed by atoms with Crippen LogP contribution in [0.5, 0.6) is 17.2 Å². The molecule has 0 fully saturated rings. The molecule has 1 aromatic heterocycles. The summed E-state index contributed by atoms with van der Waals surface area (Å²) >= 11 is 1.31. The third-order valence-electron chi connectivity index (χ3n) is 5.21. The van der Waals surface area contributed by atoms with E-state index >= 15 is 0 Å². The van der Waals surface area contributed by atoms with Gasteiger partial charge < -0.3 is 24.1 Å². The zero-order valence-corrected chi connectivity index (χ0v) is 18.2. The van der Waals surface area contributed by atoms with Gasteiger partial charge in [-0.15, -0.1) is 10.2 Å². The fourth-order valence-electron chi connectivity index (χ4n) is 3.54. The fraction of sp³-hybridized carbons (Fsp3) is 0.273. The predicted octanol–water partition coefficient (Wildman–Crippen LogP) is 3.02. The molecule has 2 atom stereocenters. The van der Waals surface area contributed by atoms with Crippen molar-refractivity contribution in [3.05, 3.63) is 53.9 Å². The summed E-state index contributed by atoms with van der Waals surface area (Å²) in [4.78, 5) is 24.6. The lowest BCUT2D eigenvalue weighted by molar-refractivity contribution is -0.118. The standard InChI is InChI=1S/C22H20N4O5S/c1-12(20(28)13-7-8-15-14(9-13)23-19(27)11-30-15)32-22-25-24-21(26(22)2)18-10-29-16-5-3-4-6-17(16)31-18/h3-9,12,18H,10-11H2,1-2H3,(H,23,27). The molecule has 10 heteroatoms. The van der Waals surface area contributed by atoms with Crippen molar-refractivity contribution < 1.29 is 23.8 Å². The molecule has 9 nitrogen and oxygen atoms in total. The summed E-state index contributed by atoms with van der Waals surface area (Å²) in [5, 5.41) is 11.4. The Bertz CT molecular complexity index is 1210. The Morgan fingerprint density at radius 1 is 1.16 bits per heavy atom. The molecule has 0 radical (unpaired) electrons. The minimum Gasteiger partial charge on any atom is -0.485 e. The lowest BCUT2D eigenvalue weighted by Crippen LogP contribution is -2.26. The maximum atomic E-state index is 13.0. The lowest BCUT2D eigenvalue weighted by Gasteiger charge is -2.25. The molecule has 2 aliphatic heterocycles. The molecular formula is C22H20N4O5S. The highest BCUT2D eigenvalue weighted by Gasteiger charge is 2.29. The number of rotatable bonds is 5. The highest BCUT2D eigenvalue weighted by molar-refractivity contribution is 8.00. The normalized spacial score (nSPS) is 17.7. The van der Waals surface area contributed by atoms with E-state index in [0.29, 0.717) is 46.1 Å². The number of benzene rings is 2. The number of anilines is 1. The fourth-order valence-corrected chi connectivity index (χ4v) is 4.44. The van der Waals surface area contributed by atoms with Gasteiger partial charge in [0.05, 0.1) is 10.9 Å². The monoisotopic (exact) mass is 452 g/mol. The second-order valence-corrected chi connectivity index (χ2v) is 8.74. The van der Waals surface area contributed by atoms with Crippen LogP contribution >= 0.6 is 11.8 Å². The molecule has 164 valence electrons. The van der Waals surface area contributed by atoms with E-state index < -0.39 is 11.4 Å². The summed E-state index contributed by atoms with van der Waals surface area (Å²) in [6, 6.07) is 12.5. The largest absolute Gasteiger partial charge is 0.485 e. The van der Waals surface area contributed by atoms with Crippen molar-refractivity contribution >= 4 is 29.1 Å². The van der Waals surface area contributed by atoms with Gasteiger partial charge in [-0.3, -0.25) is 9.59 Å². The number of aromatic nitrogens is 3. The summed E-state index contributed by atoms with van der Waals surface area (Å²) in [7, 11) is 1.84. The zero-order chi connectivity index (χ0) is 22.2. The zero-order valence-electron chi connectivity index (χ0n) is 17.4. The van der Waals surface area contributed by atoms with Crippen molar-refractivity contribution in [3.63, 3.8) is 0 Å². The summed E-state index contributed by atoms with van der Waals surface area (Å²) in [6.07, 6.45) is -0.396. The number of nitrogens with one attached hydrogen (secondary N) is 1. The third kappa shape index (κ3) is 3.77. The smallest absolute Gasteiger partial charge is 0.262 e. The minimum atomic E-state index is -0.423. The first-order valence-electron chi connectivity index (χ1n) is 10.0. The first-order valence-corrected chi connectivity index (χ1v) is 10.9. The molecule has 2 aliphatic rings. The van der Waals surface area contributed by atoms with E-state index in [9.17, 15) is 9.59 Å². The molecule has 1 N–H and O–H groups in total. The number of fused-ring (bicyclic) bond motifs is 2. The highest BCUT2D eigenvalue weighted by atomic mass is 32.2. The molecule has 2 aromatic carbocycles. The number of hydrogen-bond acceptors (Lipinski definition) is 8. The maximum Gasteiger partial charge on any atom is 0.262 e. The summed E-state index contributed by atoms with van der Waals surface area (Å²) < 4.78 is 19.0. The van der Waals surface area contributed by atoms with Gasteiger partial charge in [0, 0.05) is 12.6 Å². The number of carbonyl (C=O) groups excluding carboxylic acids is 2. The number of carbonyl (C=O) groups is 2. The summed E-state index contributed by atoms with van der Waals surface area (Å²) in [5.41, 5.74) is 0.984. The number of para-hydroxylation sites is 2. The number of ketones is 1. The van der Waals surface area contributed by atoms with Crippen molar-refractivity contribution in [2.24, 2.45) is 7.05 Å². The van der Waals surface area contributed by atoms with Gasteiger partial charge in [-0.25, -0.2) is 0 Å². The van der Waals surface area contributed by atoms with Crippen LogP contribution in [0.3, 0.4) is 0 Å². The Morgan fingerprint density at radius 3 is 2.81 bits per heavy atom. The topological polar surface area (TPSA) is 105 Å². The van der Waals surface area contributed by atoms with E-state index in [1.54, 1.807) is 18.2 Å². The number of thioether (sulfide) groups is 1. The number of ether oxygens (including phenoxy) is 3. The Morgan fingerprint density at radius 2 is 1.97 bits per heavy atom. The molecule has 0 spiro atoms. The van der Waals surface area contributed by atoms with Crippen LogP contribution in [0.2, 0.25) is 0 Å². The van der Waals surface area contributed by atoms with Crippen molar-refractivity contribution in [3.8, 4) is 17.2 Å². The van der Waals surface area contributed by atoms with Crippen LogP contribution in [0.15, 0.2) is 47.6 Å². The van der Waals surface area contributed by atoms with Gasteiger partial charge in [0.2, 0.25) is 0 Å². The molecule has 0 aliphatic carbocycles. The lowest BCUT2D eigenvalue weighted by atomic mass is 10.1. The second-order valence-electron chi connectivity index (χ2n) is 7.44. The van der Waals surface area contributed by atoms with E-state index in [4.69, 9.17) is 14.2 Å². The number of amides is 1. The molecule has 0 saturated carbocycles. The average Bonchev–Trinajstić information content (AvgIpc) is 3.17. The minimum absolute atomic E-state index is 0.0254. The Kier molecular flexibility index (Phi) is 5.22. The van der Waals surface area contributed by atoms with Crippen LogP contribution in [0, 0.1) is 0 Å². The van der Waals surface area contributed by atoms with Gasteiger partial charge in [0.1, 0.15) is 12.4 Å². The SMILES string of the molecule is CC(Sc1nnc(C2COc3ccccc3O2)n1C)C(=O)c1ccc2c(c1)NC(=O)CO2. The second kappa shape index (κ2) is 8.19. The van der Waals surface area contributed by atoms with Crippen molar-refractivity contribution in [1.82, 2.24) is 14.8 Å². The van der Waals surface area contributed by atoms with Crippen LogP contribution in [-0.2, 0) is 11.8 Å². The van der Waals surface area contributed by atoms with Crippen LogP contribution < -0.4 is 19.5 Å². The van der Waals surface area contributed by atoms with Crippen LogP contribution in [-0.4, -0.2) is 44.9 Å². The first-order chi connectivity index (χ1) is 15.5. The van der Waals surface area contributed by atoms with E-state index in [1.165, 1.54) is 11.8 Å². The van der Waals surface area contributed by atoms with Gasteiger partial charge in [0.25, 0.3) is 5.91 Å². The molecular weight excluding hydrogens is 432 g/mol. The first kappa shape index (κ1) is 20.4. The van der Waals surface area contributed by atoms with Crippen molar-refractivity contribution in [1.29, 1.82) is 0 Å². The Labute approximate surface area is 188 Å². The molecule has 5 rings (SSSR count). The molecule has 3 heterocycles. The number of Topliss-reactive ketones (excluding diaryl/α,β-unsaturated/α-hetero) is 1. The van der Waals surface area contributed by atoms with Crippen LogP contribution in [0.4, 0.5) is 5.69 Å². The quantitative estimate of drug-likeness (QED) is 0.465. The predicted molar refractivity (Wildman–Crippen MR) is 117 cm³/mol. The van der Waals surface area contributed by atoms with E-state index in [1.807, 2.05) is 42.8 Å². The van der Waals surface area contributed by atoms with Gasteiger partial charge in [0.15, 0.2) is 41.0 Å². The summed E-state index contributed by atoms with van der Waals surface area (Å²) in [5.74, 6) is 2.20. The average molecular weight is 452 g/mol. The van der Waals surface area contributed by atoms with Gasteiger partial charge in [-0.1, -0.05) is 23.9 Å². The molecule has 0 bridgehead atoms. The molecule has 3 aromatic rings. The van der Waals surface area contributed by atoms with Crippen molar-refractivity contribution in [2.45, 2.75) is 23.4 Å². The maximum absolute atomic E-state index is 13.0. The van der Waals surface area contributed by atoms with Gasteiger partial charge >= 0.3 is 0 Å². The molecule has 2 unspecified atom stereocenters. The Hall–Kier alpha value is -3.53. The van der Waals surface area contributed by atoms with E-state index in [0.717, 1.165) is 0 Å². The molecule has 1 amide bonds. The van der Waals surface area contributed by atoms with Gasteiger partial charge in [-0.2, -0.15) is 0 Å². The third-order valence-corrected chi connectivity index (χ3v) is 6.35. The highest BCUT2D eigenvalue weighted by Crippen LogP contribution is 2.36. The van der Waals surface area contributed by atoms with Crippen molar-refractivity contribution in [2.75, 3.05) is 18.5 Å². The number of hydrogen-bond donors (Lipinski definition) is 1. The van der Waals surface area contributed by atoms with E-state index in [2.05, 4.69) is 15.5 Å².